The van der Waals surface area contributed by atoms with Gasteiger partial charge in [0.2, 0.25) is 0 Å². The Labute approximate surface area is 183 Å². The van der Waals surface area contributed by atoms with Crippen molar-refractivity contribution in [2.24, 2.45) is 4.99 Å². The van der Waals surface area contributed by atoms with Gasteiger partial charge in [-0.2, -0.15) is 18.2 Å². The molecule has 2 aliphatic rings. The van der Waals surface area contributed by atoms with Crippen LogP contribution in [0.15, 0.2) is 58.0 Å². The number of anilines is 1. The zero-order valence-electron chi connectivity index (χ0n) is 15.1. The second kappa shape index (κ2) is 7.69. The van der Waals surface area contributed by atoms with Gasteiger partial charge in [-0.05, 0) is 42.5 Å². The summed E-state index contributed by atoms with van der Waals surface area (Å²) < 4.78 is 64.6. The summed E-state index contributed by atoms with van der Waals surface area (Å²) in [4.78, 5) is 18.2. The Hall–Kier alpha value is -1.85. The molecule has 0 N–H and O–H groups in total. The maximum atomic E-state index is 13.2. The van der Waals surface area contributed by atoms with Gasteiger partial charge in [0.1, 0.15) is 0 Å². The highest BCUT2D eigenvalue weighted by Gasteiger charge is 2.49. The van der Waals surface area contributed by atoms with Crippen molar-refractivity contribution >= 4 is 54.3 Å². The van der Waals surface area contributed by atoms with Crippen LogP contribution in [0.2, 0.25) is 0 Å². The van der Waals surface area contributed by atoms with E-state index < -0.39 is 38.8 Å². The van der Waals surface area contributed by atoms with Crippen molar-refractivity contribution in [1.29, 1.82) is 0 Å². The number of alkyl halides is 3. The third-order valence-corrected chi connectivity index (χ3v) is 8.55. The minimum Gasteiger partial charge on any atom is -0.316 e. The van der Waals surface area contributed by atoms with E-state index in [0.29, 0.717) is 5.56 Å². The molecule has 0 bridgehead atoms. The number of aliphatic imine (C=N–C) groups is 1. The number of fused-ring (bicyclic) bond motifs is 1. The van der Waals surface area contributed by atoms with Crippen molar-refractivity contribution < 1.29 is 26.4 Å². The molecule has 0 saturated carbocycles. The summed E-state index contributed by atoms with van der Waals surface area (Å²) in [6, 6.07) is 10.6. The lowest BCUT2D eigenvalue weighted by molar-refractivity contribution is -0.137. The van der Waals surface area contributed by atoms with Crippen LogP contribution in [0, 0.1) is 0 Å². The first-order valence-corrected chi connectivity index (χ1v) is 12.2. The lowest BCUT2D eigenvalue weighted by Crippen LogP contribution is -2.37. The molecule has 1 amide bonds. The number of amidine groups is 1. The van der Waals surface area contributed by atoms with Crippen molar-refractivity contribution in [3.63, 3.8) is 0 Å². The van der Waals surface area contributed by atoms with E-state index in [2.05, 4.69) is 20.9 Å². The fraction of sp³-hybridized carbons (Fsp3) is 0.263. The highest BCUT2D eigenvalue weighted by Crippen LogP contribution is 2.42. The number of thioether (sulfide) groups is 1. The minimum absolute atomic E-state index is 0.108. The molecule has 0 aliphatic carbocycles. The second-order valence-corrected chi connectivity index (χ2v) is 11.2. The van der Waals surface area contributed by atoms with Crippen LogP contribution in [0.5, 0.6) is 0 Å². The molecule has 2 unspecified atom stereocenters. The first-order valence-electron chi connectivity index (χ1n) is 8.76. The quantitative estimate of drug-likeness (QED) is 0.590. The number of benzene rings is 2. The van der Waals surface area contributed by atoms with Crippen LogP contribution in [-0.2, 0) is 16.0 Å². The van der Waals surface area contributed by atoms with E-state index in [9.17, 15) is 26.4 Å². The molecule has 4 rings (SSSR count). The Balaban J connectivity index is 1.75. The van der Waals surface area contributed by atoms with Gasteiger partial charge in [0.15, 0.2) is 15.0 Å². The molecule has 30 heavy (non-hydrogen) atoms. The molecule has 2 heterocycles. The van der Waals surface area contributed by atoms with Crippen LogP contribution in [0.1, 0.15) is 15.9 Å². The van der Waals surface area contributed by atoms with E-state index in [1.807, 2.05) is 0 Å². The number of nitrogens with zero attached hydrogens (tertiary/aromatic N) is 2. The zero-order chi connectivity index (χ0) is 21.7. The van der Waals surface area contributed by atoms with Crippen LogP contribution in [0.3, 0.4) is 0 Å². The summed E-state index contributed by atoms with van der Waals surface area (Å²) >= 11 is 4.39. The smallest absolute Gasteiger partial charge is 0.316 e. The Morgan fingerprint density at radius 1 is 1.13 bits per heavy atom. The third-order valence-electron chi connectivity index (χ3n) is 4.81. The molecule has 0 radical (unpaired) electrons. The first kappa shape index (κ1) is 21.4. The summed E-state index contributed by atoms with van der Waals surface area (Å²) in [5, 5.41) is -0.201. The lowest BCUT2D eigenvalue weighted by atomic mass is 10.1. The SMILES string of the molecule is O=C(N=C1SC2CS(=O)(=O)CC2N1c1cccc(C(F)(F)F)c1)c1ccc(Br)cc1. The second-order valence-electron chi connectivity index (χ2n) is 6.93. The van der Waals surface area contributed by atoms with Gasteiger partial charge in [-0.3, -0.25) is 4.79 Å². The number of sulfone groups is 1. The molecule has 158 valence electrons. The monoisotopic (exact) mass is 518 g/mol. The number of halogens is 4. The van der Waals surface area contributed by atoms with Gasteiger partial charge in [0, 0.05) is 21.0 Å². The van der Waals surface area contributed by atoms with Gasteiger partial charge >= 0.3 is 6.18 Å². The van der Waals surface area contributed by atoms with Crippen LogP contribution in [0.4, 0.5) is 18.9 Å². The van der Waals surface area contributed by atoms with Crippen LogP contribution in [0.25, 0.3) is 0 Å². The molecule has 2 aliphatic heterocycles. The fourth-order valence-corrected chi connectivity index (χ4v) is 7.62. The molecule has 5 nitrogen and oxygen atoms in total. The normalized spacial score (nSPS) is 24.3. The maximum absolute atomic E-state index is 13.2. The molecule has 2 atom stereocenters. The van der Waals surface area contributed by atoms with E-state index in [-0.39, 0.29) is 22.4 Å². The van der Waals surface area contributed by atoms with Crippen molar-refractivity contribution in [3.05, 3.63) is 64.1 Å². The Morgan fingerprint density at radius 3 is 2.50 bits per heavy atom. The summed E-state index contributed by atoms with van der Waals surface area (Å²) in [5.74, 6) is -0.861. The maximum Gasteiger partial charge on any atom is 0.416 e. The summed E-state index contributed by atoms with van der Waals surface area (Å²) in [6.45, 7) is 0. The summed E-state index contributed by atoms with van der Waals surface area (Å²) in [7, 11) is -3.32. The van der Waals surface area contributed by atoms with Crippen LogP contribution >= 0.6 is 27.7 Å². The Kier molecular flexibility index (Phi) is 5.48. The van der Waals surface area contributed by atoms with Gasteiger partial charge < -0.3 is 4.90 Å². The molecule has 2 saturated heterocycles. The van der Waals surface area contributed by atoms with Crippen LogP contribution < -0.4 is 4.90 Å². The van der Waals surface area contributed by atoms with Gasteiger partial charge in [0.25, 0.3) is 5.91 Å². The summed E-state index contributed by atoms with van der Waals surface area (Å²) in [6.07, 6.45) is -4.55. The van der Waals surface area contributed by atoms with Crippen molar-refractivity contribution in [3.8, 4) is 0 Å². The van der Waals surface area contributed by atoms with E-state index in [1.165, 1.54) is 17.0 Å². The summed E-state index contributed by atoms with van der Waals surface area (Å²) in [5.41, 5.74) is -0.378. The number of carbonyl (C=O) groups is 1. The molecule has 0 spiro atoms. The topological polar surface area (TPSA) is 66.8 Å². The predicted octanol–water partition coefficient (Wildman–Crippen LogP) is 4.38. The zero-order valence-corrected chi connectivity index (χ0v) is 18.4. The fourth-order valence-electron chi connectivity index (χ4n) is 3.44. The van der Waals surface area contributed by atoms with Gasteiger partial charge in [-0.1, -0.05) is 33.8 Å². The average Bonchev–Trinajstić information content (AvgIpc) is 3.12. The Bertz CT molecular complexity index is 1130. The van der Waals surface area contributed by atoms with E-state index in [4.69, 9.17) is 0 Å². The highest BCUT2D eigenvalue weighted by atomic mass is 79.9. The van der Waals surface area contributed by atoms with Crippen molar-refractivity contribution in [2.45, 2.75) is 17.5 Å². The Morgan fingerprint density at radius 2 is 1.83 bits per heavy atom. The molecular weight excluding hydrogens is 505 g/mol. The number of rotatable bonds is 2. The van der Waals surface area contributed by atoms with E-state index in [0.717, 1.165) is 28.4 Å². The van der Waals surface area contributed by atoms with Crippen molar-refractivity contribution in [2.75, 3.05) is 16.4 Å². The van der Waals surface area contributed by atoms with E-state index >= 15 is 0 Å². The van der Waals surface area contributed by atoms with Gasteiger partial charge in [-0.25, -0.2) is 8.42 Å². The van der Waals surface area contributed by atoms with Gasteiger partial charge in [-0.15, -0.1) is 0 Å². The molecular formula is C19H14BrF3N2O3S2. The minimum atomic E-state index is -4.55. The molecule has 2 aromatic rings. The third kappa shape index (κ3) is 4.28. The molecule has 0 aromatic heterocycles. The molecule has 2 aromatic carbocycles. The van der Waals surface area contributed by atoms with Gasteiger partial charge in [0.05, 0.1) is 23.1 Å². The van der Waals surface area contributed by atoms with Crippen molar-refractivity contribution in [1.82, 2.24) is 0 Å². The van der Waals surface area contributed by atoms with E-state index in [1.54, 1.807) is 24.3 Å². The number of carbonyl (C=O) groups excluding carboxylic acids is 1. The molecule has 2 fully saturated rings. The highest BCUT2D eigenvalue weighted by molar-refractivity contribution is 9.10. The number of hydrogen-bond acceptors (Lipinski definition) is 4. The lowest BCUT2D eigenvalue weighted by Gasteiger charge is -2.25. The number of amides is 1. The first-order chi connectivity index (χ1) is 14.0. The van der Waals surface area contributed by atoms with Crippen LogP contribution in [-0.4, -0.2) is 42.3 Å². The largest absolute Gasteiger partial charge is 0.416 e. The molecule has 11 heteroatoms. The number of hydrogen-bond donors (Lipinski definition) is 0. The average molecular weight is 519 g/mol. The predicted molar refractivity (Wildman–Crippen MR) is 114 cm³/mol. The standard InChI is InChI=1S/C19H14BrF3N2O3S2/c20-13-6-4-11(5-7-13)17(26)24-18-25(15-9-30(27,28)10-16(15)29-18)14-3-1-2-12(8-14)19(21,22)23/h1-8,15-16H,9-10H2.